The summed E-state index contributed by atoms with van der Waals surface area (Å²) in [5.74, 6) is 0.0179. The van der Waals surface area contributed by atoms with Crippen LogP contribution in [0.15, 0.2) is 28.8 Å². The molecule has 1 heterocycles. The molecule has 108 valence electrons. The smallest absolute Gasteiger partial charge is 0.277 e. The minimum atomic E-state index is -3.57. The van der Waals surface area contributed by atoms with E-state index in [1.807, 2.05) is 0 Å². The summed E-state index contributed by atoms with van der Waals surface area (Å²) in [6, 6.07) is 5.57. The first-order valence-electron chi connectivity index (χ1n) is 5.83. The molecule has 7 nitrogen and oxygen atoms in total. The van der Waals surface area contributed by atoms with E-state index >= 15 is 0 Å². The van der Waals surface area contributed by atoms with Crippen LogP contribution in [0.5, 0.6) is 0 Å². The van der Waals surface area contributed by atoms with E-state index < -0.39 is 10.2 Å². The number of hydrogen-bond acceptors (Lipinski definition) is 5. The number of hydrogen-bond donors (Lipinski definition) is 2. The Balaban J connectivity index is 2.04. The third-order valence-electron chi connectivity index (χ3n) is 2.32. The number of nitrogens with zero attached hydrogens (tertiary/aromatic N) is 2. The lowest BCUT2D eigenvalue weighted by Gasteiger charge is -2.02. The van der Waals surface area contributed by atoms with E-state index in [1.165, 1.54) is 24.3 Å². The highest BCUT2D eigenvalue weighted by Crippen LogP contribution is 2.15. The molecule has 0 atom stereocenters. The van der Waals surface area contributed by atoms with Crippen molar-refractivity contribution in [2.45, 2.75) is 13.5 Å². The topological polar surface area (TPSA) is 97.1 Å². The van der Waals surface area contributed by atoms with E-state index in [-0.39, 0.29) is 30.6 Å². The Morgan fingerprint density at radius 1 is 1.25 bits per heavy atom. The van der Waals surface area contributed by atoms with Crippen LogP contribution >= 0.6 is 0 Å². The maximum atomic E-state index is 12.8. The van der Waals surface area contributed by atoms with Crippen molar-refractivity contribution in [3.8, 4) is 11.4 Å². The summed E-state index contributed by atoms with van der Waals surface area (Å²) in [5.41, 5.74) is 0.580. The SMILES string of the molecule is CCNS(=O)(=O)NCc1nc(-c2ccc(F)cc2)no1. The van der Waals surface area contributed by atoms with Gasteiger partial charge in [-0.1, -0.05) is 12.1 Å². The molecule has 0 aliphatic rings. The molecule has 20 heavy (non-hydrogen) atoms. The molecule has 0 aliphatic carbocycles. The first-order chi connectivity index (χ1) is 9.50. The quantitative estimate of drug-likeness (QED) is 0.823. The van der Waals surface area contributed by atoms with Crippen LogP contribution in [0.4, 0.5) is 4.39 Å². The van der Waals surface area contributed by atoms with Gasteiger partial charge in [-0.25, -0.2) is 9.11 Å². The summed E-state index contributed by atoms with van der Waals surface area (Å²) in [4.78, 5) is 4.02. The van der Waals surface area contributed by atoms with Crippen molar-refractivity contribution in [2.24, 2.45) is 0 Å². The predicted octanol–water partition coefficient (Wildman–Crippen LogP) is 0.820. The molecule has 2 N–H and O–H groups in total. The van der Waals surface area contributed by atoms with Gasteiger partial charge < -0.3 is 4.52 Å². The zero-order valence-electron chi connectivity index (χ0n) is 10.6. The monoisotopic (exact) mass is 300 g/mol. The Bertz CT molecular complexity index is 669. The van der Waals surface area contributed by atoms with Crippen molar-refractivity contribution in [1.29, 1.82) is 0 Å². The van der Waals surface area contributed by atoms with Crippen LogP contribution < -0.4 is 9.44 Å². The zero-order valence-corrected chi connectivity index (χ0v) is 11.4. The van der Waals surface area contributed by atoms with Crippen LogP contribution in [0.3, 0.4) is 0 Å². The molecule has 0 bridgehead atoms. The van der Waals surface area contributed by atoms with Gasteiger partial charge in [-0.2, -0.15) is 18.1 Å². The average molecular weight is 300 g/mol. The van der Waals surface area contributed by atoms with Gasteiger partial charge in [0.25, 0.3) is 10.2 Å². The van der Waals surface area contributed by atoms with Crippen molar-refractivity contribution >= 4 is 10.2 Å². The fraction of sp³-hybridized carbons (Fsp3) is 0.273. The van der Waals surface area contributed by atoms with Crippen LogP contribution in [0.25, 0.3) is 11.4 Å². The van der Waals surface area contributed by atoms with Crippen molar-refractivity contribution in [3.63, 3.8) is 0 Å². The van der Waals surface area contributed by atoms with Gasteiger partial charge in [0.15, 0.2) is 0 Å². The van der Waals surface area contributed by atoms with Gasteiger partial charge in [0.05, 0.1) is 6.54 Å². The highest BCUT2D eigenvalue weighted by molar-refractivity contribution is 7.87. The normalized spacial score (nSPS) is 11.7. The lowest BCUT2D eigenvalue weighted by molar-refractivity contribution is 0.375. The summed E-state index contributed by atoms with van der Waals surface area (Å²) in [6.45, 7) is 1.82. The molecule has 1 aromatic carbocycles. The Hall–Kier alpha value is -1.84. The van der Waals surface area contributed by atoms with Gasteiger partial charge >= 0.3 is 0 Å². The van der Waals surface area contributed by atoms with E-state index in [0.717, 1.165) is 0 Å². The second kappa shape index (κ2) is 6.07. The standard InChI is InChI=1S/C11H13FN4O3S/c1-2-13-20(17,18)14-7-10-15-11(16-19-10)8-3-5-9(12)6-4-8/h3-6,13-14H,2,7H2,1H3. The number of benzene rings is 1. The lowest BCUT2D eigenvalue weighted by atomic mass is 10.2. The van der Waals surface area contributed by atoms with E-state index in [1.54, 1.807) is 6.92 Å². The molecule has 2 rings (SSSR count). The maximum absolute atomic E-state index is 12.8. The number of rotatable bonds is 6. The molecule has 0 radical (unpaired) electrons. The zero-order chi connectivity index (χ0) is 14.6. The number of nitrogens with one attached hydrogen (secondary N) is 2. The van der Waals surface area contributed by atoms with E-state index in [2.05, 4.69) is 19.6 Å². The second-order valence-electron chi connectivity index (χ2n) is 3.84. The molecule has 0 spiro atoms. The van der Waals surface area contributed by atoms with Crippen LogP contribution in [-0.2, 0) is 16.8 Å². The summed E-state index contributed by atoms with van der Waals surface area (Å²) in [6.07, 6.45) is 0. The second-order valence-corrected chi connectivity index (χ2v) is 5.43. The Kier molecular flexibility index (Phi) is 4.42. The van der Waals surface area contributed by atoms with Crippen molar-refractivity contribution in [2.75, 3.05) is 6.54 Å². The molecule has 0 saturated carbocycles. The molecule has 0 unspecified atom stereocenters. The van der Waals surface area contributed by atoms with E-state index in [4.69, 9.17) is 4.52 Å². The van der Waals surface area contributed by atoms with Gasteiger partial charge in [0, 0.05) is 12.1 Å². The third-order valence-corrected chi connectivity index (χ3v) is 3.51. The third kappa shape index (κ3) is 3.83. The molecule has 9 heteroatoms. The molecule has 0 aliphatic heterocycles. The largest absolute Gasteiger partial charge is 0.338 e. The molecule has 0 saturated heterocycles. The first kappa shape index (κ1) is 14.6. The Morgan fingerprint density at radius 2 is 1.95 bits per heavy atom. The average Bonchev–Trinajstić information content (AvgIpc) is 2.86. The van der Waals surface area contributed by atoms with Gasteiger partial charge in [-0.05, 0) is 24.3 Å². The fourth-order valence-corrected chi connectivity index (χ4v) is 2.24. The van der Waals surface area contributed by atoms with Crippen LogP contribution in [0.1, 0.15) is 12.8 Å². The first-order valence-corrected chi connectivity index (χ1v) is 7.31. The molecule has 2 aromatic rings. The van der Waals surface area contributed by atoms with Gasteiger partial charge in [-0.3, -0.25) is 0 Å². The Labute approximate surface area is 115 Å². The van der Waals surface area contributed by atoms with E-state index in [9.17, 15) is 12.8 Å². The minimum absolute atomic E-state index is 0.116. The summed E-state index contributed by atoms with van der Waals surface area (Å²) in [7, 11) is -3.57. The number of halogens is 1. The van der Waals surface area contributed by atoms with Gasteiger partial charge in [0.1, 0.15) is 5.82 Å². The minimum Gasteiger partial charge on any atom is -0.338 e. The predicted molar refractivity (Wildman–Crippen MR) is 69.1 cm³/mol. The molecular weight excluding hydrogens is 287 g/mol. The van der Waals surface area contributed by atoms with Crippen molar-refractivity contribution in [1.82, 2.24) is 19.6 Å². The van der Waals surface area contributed by atoms with Gasteiger partial charge in [-0.15, -0.1) is 0 Å². The van der Waals surface area contributed by atoms with Crippen LogP contribution in [0.2, 0.25) is 0 Å². The fourth-order valence-electron chi connectivity index (χ4n) is 1.44. The Morgan fingerprint density at radius 3 is 2.60 bits per heavy atom. The highest BCUT2D eigenvalue weighted by atomic mass is 32.2. The van der Waals surface area contributed by atoms with Crippen LogP contribution in [-0.4, -0.2) is 25.1 Å². The summed E-state index contributed by atoms with van der Waals surface area (Å²) < 4.78 is 44.9. The van der Waals surface area contributed by atoms with Gasteiger partial charge in [0.2, 0.25) is 11.7 Å². The number of aromatic nitrogens is 2. The summed E-state index contributed by atoms with van der Waals surface area (Å²) >= 11 is 0. The maximum Gasteiger partial charge on any atom is 0.277 e. The molecule has 0 fully saturated rings. The molecule has 0 amide bonds. The van der Waals surface area contributed by atoms with Crippen molar-refractivity contribution in [3.05, 3.63) is 36.0 Å². The molecular formula is C11H13FN4O3S. The van der Waals surface area contributed by atoms with E-state index in [0.29, 0.717) is 5.56 Å². The highest BCUT2D eigenvalue weighted by Gasteiger charge is 2.12. The lowest BCUT2D eigenvalue weighted by Crippen LogP contribution is -2.35. The van der Waals surface area contributed by atoms with Crippen molar-refractivity contribution < 1.29 is 17.3 Å². The molecule has 1 aromatic heterocycles. The summed E-state index contributed by atoms with van der Waals surface area (Å²) in [5, 5.41) is 3.70. The van der Waals surface area contributed by atoms with Crippen LogP contribution in [0, 0.1) is 5.82 Å².